The molecule has 3 rings (SSSR count). The Hall–Kier alpha value is -1.72. The minimum absolute atomic E-state index is 0.00880. The van der Waals surface area contributed by atoms with Crippen molar-refractivity contribution in [2.75, 3.05) is 0 Å². The zero-order valence-electron chi connectivity index (χ0n) is 9.21. The summed E-state index contributed by atoms with van der Waals surface area (Å²) in [6, 6.07) is 3.77. The number of fused-ring (bicyclic) bond motifs is 1. The SMILES string of the molecule is O=c1c2ccsc2ccn1Cc1cnc(Cl)cn1. The van der Waals surface area contributed by atoms with Gasteiger partial charge in [-0.3, -0.25) is 9.78 Å². The molecule has 3 aromatic rings. The standard InChI is InChI=1S/C12H8ClN3OS/c13-11-6-14-8(5-15-11)7-16-3-1-10-9(12(16)17)2-4-18-10/h1-6H,7H2. The van der Waals surface area contributed by atoms with E-state index < -0.39 is 0 Å². The highest BCUT2D eigenvalue weighted by Crippen LogP contribution is 2.16. The van der Waals surface area contributed by atoms with E-state index in [0.29, 0.717) is 17.4 Å². The lowest BCUT2D eigenvalue weighted by atomic mass is 10.3. The van der Waals surface area contributed by atoms with Crippen molar-refractivity contribution in [2.24, 2.45) is 0 Å². The van der Waals surface area contributed by atoms with Gasteiger partial charge >= 0.3 is 0 Å². The van der Waals surface area contributed by atoms with Crippen LogP contribution in [0.2, 0.25) is 5.15 Å². The third-order valence-corrected chi connectivity index (χ3v) is 3.68. The van der Waals surface area contributed by atoms with Crippen molar-refractivity contribution in [1.82, 2.24) is 14.5 Å². The maximum absolute atomic E-state index is 12.2. The highest BCUT2D eigenvalue weighted by atomic mass is 35.5. The molecule has 18 heavy (non-hydrogen) atoms. The summed E-state index contributed by atoms with van der Waals surface area (Å²) < 4.78 is 2.62. The Morgan fingerprint density at radius 3 is 2.94 bits per heavy atom. The molecule has 0 aliphatic rings. The molecule has 0 spiro atoms. The monoisotopic (exact) mass is 277 g/mol. The molecule has 90 valence electrons. The van der Waals surface area contributed by atoms with Crippen molar-refractivity contribution in [3.63, 3.8) is 0 Å². The van der Waals surface area contributed by atoms with Crippen LogP contribution in [0.5, 0.6) is 0 Å². The summed E-state index contributed by atoms with van der Waals surface area (Å²) >= 11 is 7.23. The molecule has 0 fully saturated rings. The van der Waals surface area contributed by atoms with E-state index in [1.807, 2.05) is 17.5 Å². The number of thiophene rings is 1. The number of hydrogen-bond donors (Lipinski definition) is 0. The normalized spacial score (nSPS) is 10.9. The summed E-state index contributed by atoms with van der Waals surface area (Å²) in [5.41, 5.74) is 0.696. The van der Waals surface area contributed by atoms with E-state index in [-0.39, 0.29) is 5.56 Å². The van der Waals surface area contributed by atoms with E-state index in [2.05, 4.69) is 9.97 Å². The van der Waals surface area contributed by atoms with Crippen LogP contribution in [0.15, 0.2) is 40.9 Å². The Bertz CT molecular complexity index is 748. The van der Waals surface area contributed by atoms with Crippen LogP contribution >= 0.6 is 22.9 Å². The number of aromatic nitrogens is 3. The molecule has 0 radical (unpaired) electrons. The minimum atomic E-state index is -0.00880. The summed E-state index contributed by atoms with van der Waals surface area (Å²) in [6.07, 6.45) is 4.83. The van der Waals surface area contributed by atoms with Gasteiger partial charge in [0.25, 0.3) is 5.56 Å². The number of halogens is 1. The lowest BCUT2D eigenvalue weighted by molar-refractivity contribution is 0.742. The fourth-order valence-corrected chi connectivity index (χ4v) is 2.60. The first kappa shape index (κ1) is 11.4. The van der Waals surface area contributed by atoms with Crippen LogP contribution in [0.1, 0.15) is 5.69 Å². The van der Waals surface area contributed by atoms with E-state index in [9.17, 15) is 4.79 Å². The Balaban J connectivity index is 2.02. The fraction of sp³-hybridized carbons (Fsp3) is 0.0833. The van der Waals surface area contributed by atoms with Crippen LogP contribution in [0.3, 0.4) is 0 Å². The average Bonchev–Trinajstić information content (AvgIpc) is 2.84. The van der Waals surface area contributed by atoms with Crippen molar-refractivity contribution >= 4 is 33.0 Å². The maximum atomic E-state index is 12.2. The Morgan fingerprint density at radius 1 is 1.28 bits per heavy atom. The Kier molecular flexibility index (Phi) is 2.85. The van der Waals surface area contributed by atoms with Gasteiger partial charge in [0.2, 0.25) is 0 Å². The minimum Gasteiger partial charge on any atom is -0.309 e. The molecule has 0 N–H and O–H groups in total. The van der Waals surface area contributed by atoms with Crippen molar-refractivity contribution in [1.29, 1.82) is 0 Å². The Labute approximate surface area is 112 Å². The Morgan fingerprint density at radius 2 is 2.17 bits per heavy atom. The highest BCUT2D eigenvalue weighted by molar-refractivity contribution is 7.17. The zero-order chi connectivity index (χ0) is 12.5. The fourth-order valence-electron chi connectivity index (χ4n) is 1.73. The smallest absolute Gasteiger partial charge is 0.259 e. The molecule has 0 aliphatic heterocycles. The first-order valence-electron chi connectivity index (χ1n) is 5.27. The van der Waals surface area contributed by atoms with Gasteiger partial charge in [-0.2, -0.15) is 0 Å². The lowest BCUT2D eigenvalue weighted by Crippen LogP contribution is -2.19. The van der Waals surface area contributed by atoms with Crippen LogP contribution in [0.25, 0.3) is 10.1 Å². The molecule has 0 aliphatic carbocycles. The lowest BCUT2D eigenvalue weighted by Gasteiger charge is -2.04. The van der Waals surface area contributed by atoms with Gasteiger partial charge < -0.3 is 4.57 Å². The van der Waals surface area contributed by atoms with Gasteiger partial charge in [0.1, 0.15) is 5.15 Å². The molecular weight excluding hydrogens is 270 g/mol. The molecule has 6 heteroatoms. The van der Waals surface area contributed by atoms with E-state index in [1.54, 1.807) is 28.3 Å². The summed E-state index contributed by atoms with van der Waals surface area (Å²) in [4.78, 5) is 20.2. The van der Waals surface area contributed by atoms with Crippen molar-refractivity contribution in [3.8, 4) is 0 Å². The molecule has 0 saturated heterocycles. The second-order valence-electron chi connectivity index (χ2n) is 3.78. The third-order valence-electron chi connectivity index (χ3n) is 2.60. The van der Waals surface area contributed by atoms with Crippen LogP contribution in [0, 0.1) is 0 Å². The first-order valence-corrected chi connectivity index (χ1v) is 6.53. The number of nitrogens with zero attached hydrogens (tertiary/aromatic N) is 3. The maximum Gasteiger partial charge on any atom is 0.259 e. The van der Waals surface area contributed by atoms with Crippen molar-refractivity contribution in [3.05, 3.63) is 57.3 Å². The molecule has 3 aromatic heterocycles. The van der Waals surface area contributed by atoms with Gasteiger partial charge in [-0.1, -0.05) is 11.6 Å². The van der Waals surface area contributed by atoms with E-state index in [1.165, 1.54) is 6.20 Å². The van der Waals surface area contributed by atoms with Gasteiger partial charge in [-0.15, -0.1) is 11.3 Å². The predicted octanol–water partition coefficient (Wildman–Crippen LogP) is 2.55. The number of rotatable bonds is 2. The third kappa shape index (κ3) is 2.02. The average molecular weight is 278 g/mol. The van der Waals surface area contributed by atoms with Crippen molar-refractivity contribution in [2.45, 2.75) is 6.54 Å². The second-order valence-corrected chi connectivity index (χ2v) is 5.11. The predicted molar refractivity (Wildman–Crippen MR) is 72.2 cm³/mol. The van der Waals surface area contributed by atoms with Gasteiger partial charge in [-0.25, -0.2) is 4.98 Å². The molecule has 4 nitrogen and oxygen atoms in total. The molecule has 0 saturated carbocycles. The number of pyridine rings is 1. The topological polar surface area (TPSA) is 47.8 Å². The van der Waals surface area contributed by atoms with E-state index in [4.69, 9.17) is 11.6 Å². The number of hydrogen-bond acceptors (Lipinski definition) is 4. The quantitative estimate of drug-likeness (QED) is 0.723. The van der Waals surface area contributed by atoms with Gasteiger partial charge in [0.05, 0.1) is 30.0 Å². The summed E-state index contributed by atoms with van der Waals surface area (Å²) in [5, 5.41) is 3.00. The summed E-state index contributed by atoms with van der Waals surface area (Å²) in [7, 11) is 0. The van der Waals surface area contributed by atoms with Crippen molar-refractivity contribution < 1.29 is 0 Å². The summed E-state index contributed by atoms with van der Waals surface area (Å²) in [6.45, 7) is 0.398. The van der Waals surface area contributed by atoms with Crippen LogP contribution in [-0.4, -0.2) is 14.5 Å². The van der Waals surface area contributed by atoms with Crippen LogP contribution in [0.4, 0.5) is 0 Å². The first-order chi connectivity index (χ1) is 8.74. The highest BCUT2D eigenvalue weighted by Gasteiger charge is 2.05. The molecule has 0 amide bonds. The molecule has 0 aromatic carbocycles. The van der Waals surface area contributed by atoms with Crippen LogP contribution < -0.4 is 5.56 Å². The van der Waals surface area contributed by atoms with Gasteiger partial charge in [-0.05, 0) is 17.5 Å². The van der Waals surface area contributed by atoms with Gasteiger partial charge in [0, 0.05) is 10.9 Å². The molecule has 0 bridgehead atoms. The largest absolute Gasteiger partial charge is 0.309 e. The zero-order valence-corrected chi connectivity index (χ0v) is 10.8. The molecule has 0 unspecified atom stereocenters. The molecular formula is C12H8ClN3OS. The summed E-state index contributed by atoms with van der Waals surface area (Å²) in [5.74, 6) is 0. The molecule has 3 heterocycles. The molecule has 0 atom stereocenters. The van der Waals surface area contributed by atoms with E-state index >= 15 is 0 Å². The van der Waals surface area contributed by atoms with E-state index in [0.717, 1.165) is 10.1 Å². The second kappa shape index (κ2) is 4.51. The van der Waals surface area contributed by atoms with Gasteiger partial charge in [0.15, 0.2) is 0 Å². The van der Waals surface area contributed by atoms with Crippen LogP contribution in [-0.2, 0) is 6.54 Å².